The zero-order chi connectivity index (χ0) is 23.1. The van der Waals surface area contributed by atoms with Crippen LogP contribution in [0.2, 0.25) is 0 Å². The van der Waals surface area contributed by atoms with Crippen molar-refractivity contribution in [1.29, 1.82) is 0 Å². The average molecular weight is 451 g/mol. The molecule has 1 aliphatic rings. The van der Waals surface area contributed by atoms with Gasteiger partial charge in [-0.05, 0) is 19.3 Å². The number of hydrogen-bond acceptors (Lipinski definition) is 3. The van der Waals surface area contributed by atoms with Crippen LogP contribution in [-0.4, -0.2) is 13.2 Å². The first-order chi connectivity index (χ1) is 14.6. The molecule has 0 amide bonds. The van der Waals surface area contributed by atoms with Crippen molar-refractivity contribution < 1.29 is 9.47 Å². The van der Waals surface area contributed by atoms with Gasteiger partial charge in [0.05, 0.1) is 23.0 Å². The Kier molecular flexibility index (Phi) is 9.79. The molecule has 180 valence electrons. The van der Waals surface area contributed by atoms with Crippen molar-refractivity contribution in [1.82, 2.24) is 0 Å². The second-order valence-electron chi connectivity index (χ2n) is 11.6. The molecule has 0 unspecified atom stereocenters. The lowest BCUT2D eigenvalue weighted by atomic mass is 9.79. The van der Waals surface area contributed by atoms with Crippen LogP contribution in [0.4, 0.5) is 0 Å². The van der Waals surface area contributed by atoms with Gasteiger partial charge in [-0.15, -0.1) is 11.3 Å². The van der Waals surface area contributed by atoms with Crippen molar-refractivity contribution in [2.45, 2.75) is 137 Å². The van der Waals surface area contributed by atoms with E-state index in [0.29, 0.717) is 0 Å². The summed E-state index contributed by atoms with van der Waals surface area (Å²) in [5.41, 5.74) is 0.327. The third-order valence-corrected chi connectivity index (χ3v) is 9.11. The highest BCUT2D eigenvalue weighted by Crippen LogP contribution is 2.54. The van der Waals surface area contributed by atoms with E-state index in [1.54, 1.807) is 0 Å². The molecule has 2 rings (SSSR count). The van der Waals surface area contributed by atoms with Crippen LogP contribution in [0.5, 0.6) is 11.5 Å². The number of ether oxygens (including phenoxy) is 2. The normalized spacial score (nSPS) is 16.4. The van der Waals surface area contributed by atoms with Gasteiger partial charge in [-0.1, -0.05) is 107 Å². The molecule has 3 heteroatoms. The Balaban J connectivity index is 2.32. The molecule has 1 aromatic heterocycles. The molecule has 2 nitrogen and oxygen atoms in total. The Morgan fingerprint density at radius 1 is 0.710 bits per heavy atom. The summed E-state index contributed by atoms with van der Waals surface area (Å²) in [5, 5.41) is 0. The van der Waals surface area contributed by atoms with E-state index in [9.17, 15) is 0 Å². The van der Waals surface area contributed by atoms with Gasteiger partial charge in [-0.25, -0.2) is 0 Å². The highest BCUT2D eigenvalue weighted by Gasteiger charge is 2.40. The molecule has 0 saturated heterocycles. The van der Waals surface area contributed by atoms with E-state index in [4.69, 9.17) is 9.47 Å². The van der Waals surface area contributed by atoms with Gasteiger partial charge in [0.2, 0.25) is 0 Å². The fraction of sp³-hybridized carbons (Fsp3) is 0.857. The van der Waals surface area contributed by atoms with Crippen molar-refractivity contribution in [3.63, 3.8) is 0 Å². The third kappa shape index (κ3) is 6.89. The summed E-state index contributed by atoms with van der Waals surface area (Å²) in [6.45, 7) is 20.1. The first kappa shape index (κ1) is 26.6. The van der Waals surface area contributed by atoms with Gasteiger partial charge < -0.3 is 9.47 Å². The molecule has 0 spiro atoms. The summed E-state index contributed by atoms with van der Waals surface area (Å²) in [7, 11) is 0. The molecule has 0 atom stereocenters. The summed E-state index contributed by atoms with van der Waals surface area (Å²) in [6, 6.07) is 0. The SMILES string of the molecule is CCCCCCC1(CCCCCC)COc2c(C(C)(C)C)sc(C(C)(C)CC)c2OC1. The summed E-state index contributed by atoms with van der Waals surface area (Å²) in [4.78, 5) is 2.73. The van der Waals surface area contributed by atoms with Gasteiger partial charge >= 0.3 is 0 Å². The molecule has 0 N–H and O–H groups in total. The van der Waals surface area contributed by atoms with Crippen molar-refractivity contribution in [2.75, 3.05) is 13.2 Å². The van der Waals surface area contributed by atoms with E-state index in [0.717, 1.165) is 31.1 Å². The maximum absolute atomic E-state index is 6.76. The molecule has 0 aromatic carbocycles. The van der Waals surface area contributed by atoms with Crippen LogP contribution in [-0.2, 0) is 10.8 Å². The van der Waals surface area contributed by atoms with Gasteiger partial charge in [-0.3, -0.25) is 0 Å². The predicted molar refractivity (Wildman–Crippen MR) is 137 cm³/mol. The Morgan fingerprint density at radius 3 is 1.61 bits per heavy atom. The number of rotatable bonds is 12. The number of thiophene rings is 1. The number of hydrogen-bond donors (Lipinski definition) is 0. The van der Waals surface area contributed by atoms with Gasteiger partial charge in [0.15, 0.2) is 11.5 Å². The molecule has 0 aliphatic carbocycles. The van der Waals surface area contributed by atoms with Crippen molar-refractivity contribution in [3.05, 3.63) is 9.75 Å². The zero-order valence-electron chi connectivity index (χ0n) is 21.9. The third-order valence-electron chi connectivity index (χ3n) is 7.17. The van der Waals surface area contributed by atoms with Crippen molar-refractivity contribution >= 4 is 11.3 Å². The van der Waals surface area contributed by atoms with Crippen LogP contribution >= 0.6 is 11.3 Å². The monoisotopic (exact) mass is 450 g/mol. The van der Waals surface area contributed by atoms with Crippen molar-refractivity contribution in [3.8, 4) is 11.5 Å². The Bertz CT molecular complexity index is 653. The van der Waals surface area contributed by atoms with Crippen LogP contribution < -0.4 is 9.47 Å². The van der Waals surface area contributed by atoms with Crippen LogP contribution in [0.3, 0.4) is 0 Å². The zero-order valence-corrected chi connectivity index (χ0v) is 22.7. The topological polar surface area (TPSA) is 18.5 Å². The van der Waals surface area contributed by atoms with Crippen LogP contribution in [0, 0.1) is 5.41 Å². The molecular formula is C28H50O2S. The first-order valence-electron chi connectivity index (χ1n) is 13.0. The van der Waals surface area contributed by atoms with Crippen molar-refractivity contribution in [2.24, 2.45) is 5.41 Å². The van der Waals surface area contributed by atoms with E-state index in [-0.39, 0.29) is 16.2 Å². The number of fused-ring (bicyclic) bond motifs is 1. The maximum Gasteiger partial charge on any atom is 0.175 e. The van der Waals surface area contributed by atoms with E-state index < -0.39 is 0 Å². The highest BCUT2D eigenvalue weighted by molar-refractivity contribution is 7.13. The molecule has 31 heavy (non-hydrogen) atoms. The molecule has 1 aliphatic heterocycles. The summed E-state index contributed by atoms with van der Waals surface area (Å²) < 4.78 is 13.5. The van der Waals surface area contributed by atoms with E-state index in [2.05, 4.69) is 55.4 Å². The van der Waals surface area contributed by atoms with Gasteiger partial charge in [0.1, 0.15) is 0 Å². The largest absolute Gasteiger partial charge is 0.488 e. The fourth-order valence-electron chi connectivity index (χ4n) is 4.52. The minimum absolute atomic E-state index is 0.0649. The van der Waals surface area contributed by atoms with E-state index >= 15 is 0 Å². The molecule has 0 radical (unpaired) electrons. The second kappa shape index (κ2) is 11.4. The molecule has 0 bridgehead atoms. The number of unbranched alkanes of at least 4 members (excludes halogenated alkanes) is 6. The van der Waals surface area contributed by atoms with E-state index in [1.165, 1.54) is 74.0 Å². The second-order valence-corrected chi connectivity index (χ2v) is 12.6. The standard InChI is InChI=1S/C28H50O2S/c1-9-12-14-16-18-28(19-17-15-13-10-2)20-29-22-23(30-21-28)25(27(7,8)11-3)31-24(22)26(4,5)6/h9-21H2,1-8H3. The first-order valence-corrected chi connectivity index (χ1v) is 13.8. The van der Waals surface area contributed by atoms with E-state index in [1.807, 2.05) is 11.3 Å². The van der Waals surface area contributed by atoms with Crippen LogP contribution in [0.15, 0.2) is 0 Å². The minimum Gasteiger partial charge on any atom is -0.488 e. The highest BCUT2D eigenvalue weighted by atomic mass is 32.1. The maximum atomic E-state index is 6.76. The Morgan fingerprint density at radius 2 is 1.19 bits per heavy atom. The lowest BCUT2D eigenvalue weighted by molar-refractivity contribution is 0.0773. The minimum atomic E-state index is 0.0649. The Hall–Kier alpha value is -0.700. The van der Waals surface area contributed by atoms with Crippen LogP contribution in [0.1, 0.15) is 136 Å². The quantitative estimate of drug-likeness (QED) is 0.295. The predicted octanol–water partition coefficient (Wildman–Crippen LogP) is 9.43. The van der Waals surface area contributed by atoms with Gasteiger partial charge in [0, 0.05) is 16.2 Å². The summed E-state index contributed by atoms with van der Waals surface area (Å²) >= 11 is 1.92. The molecule has 0 saturated carbocycles. The molecule has 1 aromatic rings. The smallest absolute Gasteiger partial charge is 0.175 e. The lowest BCUT2D eigenvalue weighted by Gasteiger charge is -2.32. The lowest BCUT2D eigenvalue weighted by Crippen LogP contribution is -2.34. The molecular weight excluding hydrogens is 400 g/mol. The fourth-order valence-corrected chi connectivity index (χ4v) is 5.94. The van der Waals surface area contributed by atoms with Crippen LogP contribution in [0.25, 0.3) is 0 Å². The molecule has 0 fully saturated rings. The Labute approximate surface area is 197 Å². The van der Waals surface area contributed by atoms with Gasteiger partial charge in [-0.2, -0.15) is 0 Å². The van der Waals surface area contributed by atoms with Gasteiger partial charge in [0.25, 0.3) is 0 Å². The summed E-state index contributed by atoms with van der Waals surface area (Å²) in [6.07, 6.45) is 14.1. The average Bonchev–Trinajstić information content (AvgIpc) is 3.02. The molecule has 2 heterocycles. The summed E-state index contributed by atoms with van der Waals surface area (Å²) in [5.74, 6) is 2.11.